The van der Waals surface area contributed by atoms with Gasteiger partial charge in [0.15, 0.2) is 11.1 Å². The lowest BCUT2D eigenvalue weighted by Gasteiger charge is -2.42. The summed E-state index contributed by atoms with van der Waals surface area (Å²) < 4.78 is 53.8. The van der Waals surface area contributed by atoms with Crippen LogP contribution in [0.15, 0.2) is 30.3 Å². The Labute approximate surface area is 256 Å². The lowest BCUT2D eigenvalue weighted by atomic mass is 9.84. The fourth-order valence-corrected chi connectivity index (χ4v) is 18.0. The van der Waals surface area contributed by atoms with E-state index in [9.17, 15) is 13.0 Å². The first kappa shape index (κ1) is 33.3. The van der Waals surface area contributed by atoms with E-state index in [2.05, 4.69) is 45.9 Å². The molecule has 0 aromatic heterocycles. The summed E-state index contributed by atoms with van der Waals surface area (Å²) >= 11 is 0. The molecule has 0 aliphatic heterocycles. The van der Waals surface area contributed by atoms with Crippen molar-refractivity contribution in [1.82, 2.24) is 0 Å². The third kappa shape index (κ3) is 6.42. The van der Waals surface area contributed by atoms with Crippen LogP contribution in [0.4, 0.5) is 0 Å². The Morgan fingerprint density at radius 3 is 1.60 bits per heavy atom. The van der Waals surface area contributed by atoms with E-state index in [4.69, 9.17) is 9.47 Å². The fraction of sp³-hybridized carbons (Fsp3) is 0.657. The number of rotatable bonds is 9. The molecule has 0 atom stereocenters. The molecule has 0 amide bonds. The molecule has 0 heterocycles. The first-order chi connectivity index (χ1) is 19.7. The zero-order valence-electron chi connectivity index (χ0n) is 27.2. The summed E-state index contributed by atoms with van der Waals surface area (Å²) in [7, 11) is -2.83. The SMILES string of the molecule is COc1ccc(OC(C)(C)C)c([P+](C2CCCCC2)(C2CCCCC2)S(=O)(=O)O)c1-c1c(C(C)C)cccc1C(C)C. The maximum atomic E-state index is 14.5. The summed E-state index contributed by atoms with van der Waals surface area (Å²) in [4.78, 5) is 0. The number of hydrogen-bond acceptors (Lipinski definition) is 4. The van der Waals surface area contributed by atoms with E-state index < -0.39 is 21.8 Å². The molecule has 42 heavy (non-hydrogen) atoms. The Hall–Kier alpha value is -1.62. The molecule has 2 saturated carbocycles. The Balaban J connectivity index is 2.29. The molecule has 2 aliphatic carbocycles. The highest BCUT2D eigenvalue weighted by molar-refractivity contribution is 8.57. The minimum Gasteiger partial charge on any atom is -0.496 e. The van der Waals surface area contributed by atoms with Gasteiger partial charge in [0.25, 0.3) is 0 Å². The molecule has 1 N–H and O–H groups in total. The third-order valence-corrected chi connectivity index (χ3v) is 19.1. The molecule has 0 spiro atoms. The van der Waals surface area contributed by atoms with Gasteiger partial charge in [0.2, 0.25) is 6.46 Å². The molecule has 2 aliphatic rings. The zero-order valence-corrected chi connectivity index (χ0v) is 28.9. The van der Waals surface area contributed by atoms with Gasteiger partial charge < -0.3 is 9.47 Å². The monoisotopic (exact) mass is 617 g/mol. The van der Waals surface area contributed by atoms with E-state index in [1.165, 1.54) is 0 Å². The highest BCUT2D eigenvalue weighted by Gasteiger charge is 2.67. The molecule has 2 aromatic carbocycles. The molecule has 2 aromatic rings. The predicted octanol–water partition coefficient (Wildman–Crippen LogP) is 9.90. The van der Waals surface area contributed by atoms with Crippen molar-refractivity contribution in [2.45, 2.75) is 141 Å². The maximum absolute atomic E-state index is 14.5. The molecule has 234 valence electrons. The van der Waals surface area contributed by atoms with Gasteiger partial charge in [-0.05, 0) is 113 Å². The van der Waals surface area contributed by atoms with E-state index >= 15 is 0 Å². The van der Waals surface area contributed by atoms with Crippen LogP contribution in [0.2, 0.25) is 0 Å². The van der Waals surface area contributed by atoms with Gasteiger partial charge in [0, 0.05) is 0 Å². The maximum Gasteiger partial charge on any atom is 0.386 e. The van der Waals surface area contributed by atoms with Gasteiger partial charge in [-0.15, -0.1) is 0 Å². The fourth-order valence-electron chi connectivity index (χ4n) is 7.65. The second-order valence-corrected chi connectivity index (χ2v) is 21.5. The van der Waals surface area contributed by atoms with Gasteiger partial charge in [-0.2, -0.15) is 8.42 Å². The average Bonchev–Trinajstić information content (AvgIpc) is 2.93. The molecule has 2 fully saturated rings. The van der Waals surface area contributed by atoms with Crippen molar-refractivity contribution in [3.8, 4) is 22.6 Å². The standard InChI is InChI=1S/C35H53O5PS/c1-24(2)28-20-15-21-29(25(3)4)32(28)33-30(39-8)22-23-31(40-35(5,6)7)34(33)41(42(36,37)38,26-16-11-9-12-17-26)27-18-13-10-14-19-27/h15,20-27H,9-14,16-19H2,1-8H3/p+1. The van der Waals surface area contributed by atoms with Gasteiger partial charge in [-0.3, -0.25) is 4.55 Å². The smallest absolute Gasteiger partial charge is 0.386 e. The third-order valence-electron chi connectivity index (χ3n) is 9.33. The average molecular weight is 618 g/mol. The first-order valence-corrected chi connectivity index (χ1v) is 20.1. The van der Waals surface area contributed by atoms with Gasteiger partial charge in [0.05, 0.1) is 24.0 Å². The van der Waals surface area contributed by atoms with Crippen LogP contribution in [-0.2, 0) is 9.74 Å². The minimum atomic E-state index is -4.50. The normalized spacial score (nSPS) is 18.1. The van der Waals surface area contributed by atoms with Crippen molar-refractivity contribution in [2.24, 2.45) is 0 Å². The molecule has 0 radical (unpaired) electrons. The number of benzene rings is 2. The summed E-state index contributed by atoms with van der Waals surface area (Å²) in [6.45, 7) is 11.5. The highest BCUT2D eigenvalue weighted by Crippen LogP contribution is 2.77. The predicted molar refractivity (Wildman–Crippen MR) is 179 cm³/mol. The number of ether oxygens (including phenoxy) is 2. The molecule has 4 rings (SSSR count). The van der Waals surface area contributed by atoms with Crippen LogP contribution < -0.4 is 14.8 Å². The molecule has 0 unspecified atom stereocenters. The van der Waals surface area contributed by atoms with Crippen LogP contribution in [0.5, 0.6) is 11.5 Å². The van der Waals surface area contributed by atoms with Crippen LogP contribution >= 0.6 is 6.46 Å². The Morgan fingerprint density at radius 2 is 1.21 bits per heavy atom. The molecule has 7 heteroatoms. The Morgan fingerprint density at radius 1 is 0.762 bits per heavy atom. The van der Waals surface area contributed by atoms with Crippen molar-refractivity contribution in [3.05, 3.63) is 41.5 Å². The van der Waals surface area contributed by atoms with Crippen LogP contribution in [-0.4, -0.2) is 37.0 Å². The zero-order chi connectivity index (χ0) is 30.9. The van der Waals surface area contributed by atoms with Gasteiger partial charge in [-0.25, -0.2) is 0 Å². The van der Waals surface area contributed by atoms with E-state index in [1.54, 1.807) is 7.11 Å². The lowest BCUT2D eigenvalue weighted by molar-refractivity contribution is 0.132. The van der Waals surface area contributed by atoms with Crippen LogP contribution in [0, 0.1) is 0 Å². The number of hydrogen-bond donors (Lipinski definition) is 1. The summed E-state index contributed by atoms with van der Waals surface area (Å²) in [5.41, 5.74) is 3.43. The Kier molecular flexibility index (Phi) is 10.4. The van der Waals surface area contributed by atoms with Crippen molar-refractivity contribution >= 4 is 21.5 Å². The second-order valence-electron chi connectivity index (χ2n) is 14.1. The highest BCUT2D eigenvalue weighted by atomic mass is 32.8. The van der Waals surface area contributed by atoms with Crippen molar-refractivity contribution < 1.29 is 22.4 Å². The molecular formula is C35H54O5PS+. The second kappa shape index (κ2) is 13.2. The van der Waals surface area contributed by atoms with Crippen molar-refractivity contribution in [2.75, 3.05) is 7.11 Å². The summed E-state index contributed by atoms with van der Waals surface area (Å²) in [5, 5.41) is 0.730. The minimum absolute atomic E-state index is 0.105. The summed E-state index contributed by atoms with van der Waals surface area (Å²) in [6.07, 6.45) is 9.44. The summed E-state index contributed by atoms with van der Waals surface area (Å²) in [5.74, 6) is 1.65. The quantitative estimate of drug-likeness (QED) is 0.224. The van der Waals surface area contributed by atoms with Crippen molar-refractivity contribution in [1.29, 1.82) is 0 Å². The van der Waals surface area contributed by atoms with Gasteiger partial charge >= 0.3 is 9.74 Å². The van der Waals surface area contributed by atoms with Crippen molar-refractivity contribution in [3.63, 3.8) is 0 Å². The molecular weight excluding hydrogens is 563 g/mol. The Bertz CT molecular complexity index is 1290. The topological polar surface area (TPSA) is 72.8 Å². The summed E-state index contributed by atoms with van der Waals surface area (Å²) in [6, 6.07) is 10.3. The lowest BCUT2D eigenvalue weighted by Crippen LogP contribution is -2.41. The van der Waals surface area contributed by atoms with Crippen LogP contribution in [0.1, 0.15) is 136 Å². The van der Waals surface area contributed by atoms with E-state index in [1.807, 2.05) is 32.9 Å². The van der Waals surface area contributed by atoms with E-state index in [-0.39, 0.29) is 23.2 Å². The molecule has 0 bridgehead atoms. The largest absolute Gasteiger partial charge is 0.496 e. The number of methoxy groups -OCH3 is 1. The molecule has 5 nitrogen and oxygen atoms in total. The first-order valence-electron chi connectivity index (χ1n) is 16.1. The van der Waals surface area contributed by atoms with E-state index in [0.29, 0.717) is 11.5 Å². The molecule has 0 saturated heterocycles. The van der Waals surface area contributed by atoms with E-state index in [0.717, 1.165) is 91.8 Å². The van der Waals surface area contributed by atoms with Gasteiger partial charge in [0.1, 0.15) is 11.4 Å². The van der Waals surface area contributed by atoms with Gasteiger partial charge in [-0.1, -0.05) is 58.7 Å². The van der Waals surface area contributed by atoms with Crippen LogP contribution in [0.25, 0.3) is 11.1 Å². The van der Waals surface area contributed by atoms with Crippen LogP contribution in [0.3, 0.4) is 0 Å².